The lowest BCUT2D eigenvalue weighted by atomic mass is 10.0. The van der Waals surface area contributed by atoms with Crippen LogP contribution in [0.1, 0.15) is 37.4 Å². The number of allylic oxidation sites excluding steroid dienone is 2. The van der Waals surface area contributed by atoms with Gasteiger partial charge in [-0.3, -0.25) is 4.99 Å². The topological polar surface area (TPSA) is 20.5 Å². The number of likely N-dealkylation sites (N-methyl/N-ethyl adjacent to an activating group) is 1. The minimum Gasteiger partial charge on any atom is -0.344 e. The van der Waals surface area contributed by atoms with Crippen LogP contribution >= 0.6 is 0 Å². The van der Waals surface area contributed by atoms with Crippen molar-refractivity contribution in [1.29, 1.82) is 0 Å². The molecule has 0 fully saturated rings. The molecular formula is C21H28FN3. The van der Waals surface area contributed by atoms with Crippen LogP contribution in [0.4, 0.5) is 4.39 Å². The minimum atomic E-state index is -0.140. The second-order valence-corrected chi connectivity index (χ2v) is 6.99. The standard InChI is InChI=1S/C21H28FN3/c1-16(23-2)8-6-4-5-7-12-25-20-10-9-17(22)14-18(20)19-15-24(3)13-11-21(19)25/h6,8-10,14H,4-5,7,11-13,15H2,1-3H3/b8-6-,23-16?. The first-order valence-corrected chi connectivity index (χ1v) is 9.18. The minimum absolute atomic E-state index is 0.140. The Morgan fingerprint density at radius 1 is 1.32 bits per heavy atom. The molecule has 0 unspecified atom stereocenters. The highest BCUT2D eigenvalue weighted by atomic mass is 19.1. The van der Waals surface area contributed by atoms with Gasteiger partial charge in [-0.15, -0.1) is 0 Å². The van der Waals surface area contributed by atoms with Crippen LogP contribution in [0.5, 0.6) is 0 Å². The molecule has 3 nitrogen and oxygen atoms in total. The van der Waals surface area contributed by atoms with Crippen LogP contribution in [0, 0.1) is 5.82 Å². The van der Waals surface area contributed by atoms with E-state index in [0.29, 0.717) is 0 Å². The van der Waals surface area contributed by atoms with Gasteiger partial charge in [0.2, 0.25) is 0 Å². The number of nitrogens with zero attached hydrogens (tertiary/aromatic N) is 3. The summed E-state index contributed by atoms with van der Waals surface area (Å²) in [5.74, 6) is -0.140. The van der Waals surface area contributed by atoms with E-state index in [2.05, 4.69) is 33.7 Å². The molecule has 2 aromatic rings. The van der Waals surface area contributed by atoms with Crippen molar-refractivity contribution in [3.63, 3.8) is 0 Å². The number of benzene rings is 1. The molecular weight excluding hydrogens is 313 g/mol. The van der Waals surface area contributed by atoms with Crippen molar-refractivity contribution in [3.8, 4) is 0 Å². The van der Waals surface area contributed by atoms with Crippen molar-refractivity contribution < 1.29 is 4.39 Å². The van der Waals surface area contributed by atoms with Crippen molar-refractivity contribution in [1.82, 2.24) is 9.47 Å². The van der Waals surface area contributed by atoms with E-state index >= 15 is 0 Å². The Bertz CT molecular complexity index is 801. The smallest absolute Gasteiger partial charge is 0.123 e. The van der Waals surface area contributed by atoms with Crippen molar-refractivity contribution in [3.05, 3.63) is 47.4 Å². The van der Waals surface area contributed by atoms with Gasteiger partial charge in [-0.1, -0.05) is 6.08 Å². The summed E-state index contributed by atoms with van der Waals surface area (Å²) >= 11 is 0. The summed E-state index contributed by atoms with van der Waals surface area (Å²) in [5, 5.41) is 1.09. The van der Waals surface area contributed by atoms with E-state index in [0.717, 1.165) is 56.4 Å². The number of aromatic nitrogens is 1. The molecule has 1 aliphatic rings. The van der Waals surface area contributed by atoms with Crippen LogP contribution in [0.2, 0.25) is 0 Å². The molecule has 0 radical (unpaired) electrons. The molecule has 0 spiro atoms. The normalized spacial score (nSPS) is 16.1. The highest BCUT2D eigenvalue weighted by Crippen LogP contribution is 2.31. The van der Waals surface area contributed by atoms with E-state index in [-0.39, 0.29) is 5.82 Å². The maximum Gasteiger partial charge on any atom is 0.123 e. The van der Waals surface area contributed by atoms with E-state index < -0.39 is 0 Å². The van der Waals surface area contributed by atoms with Gasteiger partial charge < -0.3 is 9.47 Å². The highest BCUT2D eigenvalue weighted by molar-refractivity contribution is 5.92. The molecule has 0 atom stereocenters. The van der Waals surface area contributed by atoms with E-state index in [1.165, 1.54) is 16.8 Å². The molecule has 3 rings (SSSR count). The second-order valence-electron chi connectivity index (χ2n) is 6.99. The number of aryl methyl sites for hydroxylation is 1. The van der Waals surface area contributed by atoms with Crippen LogP contribution < -0.4 is 0 Å². The summed E-state index contributed by atoms with van der Waals surface area (Å²) in [6, 6.07) is 5.24. The highest BCUT2D eigenvalue weighted by Gasteiger charge is 2.22. The van der Waals surface area contributed by atoms with Gasteiger partial charge in [-0.2, -0.15) is 0 Å². The maximum atomic E-state index is 13.8. The first-order chi connectivity index (χ1) is 12.1. The van der Waals surface area contributed by atoms with Gasteiger partial charge in [0, 0.05) is 55.4 Å². The fraction of sp³-hybridized carbons (Fsp3) is 0.476. The quantitative estimate of drug-likeness (QED) is 0.556. The molecule has 1 aliphatic heterocycles. The Morgan fingerprint density at radius 3 is 2.96 bits per heavy atom. The second kappa shape index (κ2) is 7.96. The van der Waals surface area contributed by atoms with E-state index in [1.54, 1.807) is 12.1 Å². The lowest BCUT2D eigenvalue weighted by molar-refractivity contribution is 0.309. The Labute approximate surface area is 149 Å². The molecule has 0 bridgehead atoms. The van der Waals surface area contributed by atoms with E-state index in [9.17, 15) is 4.39 Å². The number of fused-ring (bicyclic) bond motifs is 3. The zero-order chi connectivity index (χ0) is 17.8. The molecule has 134 valence electrons. The van der Waals surface area contributed by atoms with Crippen LogP contribution in [0.15, 0.2) is 35.3 Å². The van der Waals surface area contributed by atoms with Crippen LogP contribution in [-0.2, 0) is 19.5 Å². The van der Waals surface area contributed by atoms with Crippen molar-refractivity contribution >= 4 is 16.6 Å². The van der Waals surface area contributed by atoms with Gasteiger partial charge in [0.05, 0.1) is 0 Å². The Morgan fingerprint density at radius 2 is 2.16 bits per heavy atom. The predicted molar refractivity (Wildman–Crippen MR) is 104 cm³/mol. The zero-order valence-corrected chi connectivity index (χ0v) is 15.6. The summed E-state index contributed by atoms with van der Waals surface area (Å²) in [4.78, 5) is 6.45. The molecule has 1 aromatic heterocycles. The molecule has 25 heavy (non-hydrogen) atoms. The van der Waals surface area contributed by atoms with Crippen LogP contribution in [0.3, 0.4) is 0 Å². The lowest BCUT2D eigenvalue weighted by Crippen LogP contribution is -2.27. The molecule has 0 N–H and O–H groups in total. The first-order valence-electron chi connectivity index (χ1n) is 9.18. The number of aliphatic imine (C=N–C) groups is 1. The zero-order valence-electron chi connectivity index (χ0n) is 15.6. The first kappa shape index (κ1) is 17.9. The molecule has 4 heteroatoms. The lowest BCUT2D eigenvalue weighted by Gasteiger charge is -2.24. The number of halogens is 1. The van der Waals surface area contributed by atoms with Crippen molar-refractivity contribution in [2.75, 3.05) is 20.6 Å². The van der Waals surface area contributed by atoms with E-state index in [1.807, 2.05) is 20.0 Å². The summed E-state index contributed by atoms with van der Waals surface area (Å²) in [5.41, 5.74) is 4.98. The summed E-state index contributed by atoms with van der Waals surface area (Å²) in [6.45, 7) is 5.02. The Balaban J connectivity index is 1.74. The number of hydrogen-bond donors (Lipinski definition) is 0. The Hall–Kier alpha value is -1.94. The monoisotopic (exact) mass is 341 g/mol. The fourth-order valence-corrected chi connectivity index (χ4v) is 3.67. The third-order valence-corrected chi connectivity index (χ3v) is 5.12. The molecule has 0 amide bonds. The van der Waals surface area contributed by atoms with Crippen LogP contribution in [-0.4, -0.2) is 35.8 Å². The summed E-state index contributed by atoms with van der Waals surface area (Å²) in [6.07, 6.45) is 8.71. The number of rotatable bonds is 6. The third-order valence-electron chi connectivity index (χ3n) is 5.12. The van der Waals surface area contributed by atoms with Crippen LogP contribution in [0.25, 0.3) is 10.9 Å². The van der Waals surface area contributed by atoms with Gasteiger partial charge in [0.25, 0.3) is 0 Å². The Kier molecular flexibility index (Phi) is 5.69. The van der Waals surface area contributed by atoms with Gasteiger partial charge in [-0.25, -0.2) is 4.39 Å². The van der Waals surface area contributed by atoms with E-state index in [4.69, 9.17) is 0 Å². The van der Waals surface area contributed by atoms with Crippen molar-refractivity contribution in [2.45, 2.75) is 45.7 Å². The fourth-order valence-electron chi connectivity index (χ4n) is 3.67. The summed E-state index contributed by atoms with van der Waals surface area (Å²) < 4.78 is 16.2. The molecule has 0 saturated heterocycles. The van der Waals surface area contributed by atoms with Gasteiger partial charge in [0.15, 0.2) is 0 Å². The number of unbranched alkanes of at least 4 members (excludes halogenated alkanes) is 2. The molecule has 0 aliphatic carbocycles. The maximum absolute atomic E-state index is 13.8. The van der Waals surface area contributed by atoms with Gasteiger partial charge in [0.1, 0.15) is 5.82 Å². The van der Waals surface area contributed by atoms with Gasteiger partial charge >= 0.3 is 0 Å². The predicted octanol–water partition coefficient (Wildman–Crippen LogP) is 4.59. The third kappa shape index (κ3) is 4.01. The molecule has 0 saturated carbocycles. The number of hydrogen-bond acceptors (Lipinski definition) is 2. The molecule has 2 heterocycles. The average Bonchev–Trinajstić information content (AvgIpc) is 2.90. The van der Waals surface area contributed by atoms with Gasteiger partial charge in [-0.05, 0) is 63.1 Å². The molecule has 1 aromatic carbocycles. The average molecular weight is 341 g/mol. The largest absolute Gasteiger partial charge is 0.344 e. The summed E-state index contributed by atoms with van der Waals surface area (Å²) in [7, 11) is 3.96. The SMILES string of the molecule is CN=C(C)/C=C\CCCCn1c2c(c3cc(F)ccc31)CN(C)CC2. The van der Waals surface area contributed by atoms with Crippen molar-refractivity contribution in [2.24, 2.45) is 4.99 Å².